The highest BCUT2D eigenvalue weighted by Gasteiger charge is 2.04. The van der Waals surface area contributed by atoms with Gasteiger partial charge in [-0.25, -0.2) is 0 Å². The predicted octanol–water partition coefficient (Wildman–Crippen LogP) is -0.0967. The van der Waals surface area contributed by atoms with Crippen LogP contribution in [0, 0.1) is 12.3 Å². The van der Waals surface area contributed by atoms with Crippen LogP contribution in [0.2, 0.25) is 0 Å². The minimum Gasteiger partial charge on any atom is -0.340 e. The summed E-state index contributed by atoms with van der Waals surface area (Å²) in [6.07, 6.45) is 6.57. The average Bonchev–Trinajstić information content (AvgIpc) is 2.26. The largest absolute Gasteiger partial charge is 0.340 e. The van der Waals surface area contributed by atoms with Gasteiger partial charge in [-0.05, 0) is 11.6 Å². The van der Waals surface area contributed by atoms with Crippen LogP contribution in [0.15, 0.2) is 18.3 Å². The molecule has 0 aromatic carbocycles. The molecule has 1 aromatic rings. The van der Waals surface area contributed by atoms with Crippen molar-refractivity contribution in [1.82, 2.24) is 10.3 Å². The number of rotatable bonds is 3. The monoisotopic (exact) mass is 189 g/mol. The zero-order chi connectivity index (χ0) is 10.4. The summed E-state index contributed by atoms with van der Waals surface area (Å²) in [5, 5.41) is 2.52. The molecule has 0 unspecified atom stereocenters. The summed E-state index contributed by atoms with van der Waals surface area (Å²) >= 11 is 0. The maximum atomic E-state index is 11.3. The first-order valence-corrected chi connectivity index (χ1v) is 4.14. The minimum atomic E-state index is -0.272. The van der Waals surface area contributed by atoms with Crippen LogP contribution in [0.4, 0.5) is 0 Å². The second-order valence-electron chi connectivity index (χ2n) is 2.64. The van der Waals surface area contributed by atoms with Crippen molar-refractivity contribution in [2.75, 3.05) is 6.54 Å². The number of nitrogens with one attached hydrogen (secondary N) is 1. The number of pyridine rings is 1. The van der Waals surface area contributed by atoms with E-state index in [-0.39, 0.29) is 12.5 Å². The zero-order valence-corrected chi connectivity index (χ0v) is 7.66. The van der Waals surface area contributed by atoms with Crippen molar-refractivity contribution in [1.29, 1.82) is 0 Å². The topological polar surface area (TPSA) is 68.0 Å². The van der Waals surface area contributed by atoms with E-state index in [0.717, 1.165) is 5.56 Å². The van der Waals surface area contributed by atoms with Crippen molar-refractivity contribution < 1.29 is 4.79 Å². The zero-order valence-electron chi connectivity index (χ0n) is 7.66. The maximum absolute atomic E-state index is 11.3. The lowest BCUT2D eigenvalue weighted by Crippen LogP contribution is -2.24. The molecule has 0 aliphatic carbocycles. The summed E-state index contributed by atoms with van der Waals surface area (Å²) in [5.74, 6) is 2.04. The molecular formula is C10H11N3O. The van der Waals surface area contributed by atoms with E-state index in [0.29, 0.717) is 12.2 Å². The van der Waals surface area contributed by atoms with Gasteiger partial charge in [-0.3, -0.25) is 9.78 Å². The van der Waals surface area contributed by atoms with Crippen molar-refractivity contribution in [2.24, 2.45) is 5.73 Å². The van der Waals surface area contributed by atoms with Crippen molar-refractivity contribution in [3.63, 3.8) is 0 Å². The maximum Gasteiger partial charge on any atom is 0.270 e. The number of aromatic nitrogens is 1. The molecule has 0 radical (unpaired) electrons. The average molecular weight is 189 g/mol. The number of hydrogen-bond donors (Lipinski definition) is 2. The molecule has 3 N–H and O–H groups in total. The van der Waals surface area contributed by atoms with Gasteiger partial charge in [0.15, 0.2) is 0 Å². The molecule has 0 fully saturated rings. The molecule has 1 aromatic heterocycles. The Morgan fingerprint density at radius 2 is 2.43 bits per heavy atom. The fourth-order valence-electron chi connectivity index (χ4n) is 0.901. The van der Waals surface area contributed by atoms with E-state index in [1.165, 1.54) is 0 Å². The third kappa shape index (κ3) is 2.57. The van der Waals surface area contributed by atoms with Gasteiger partial charge in [0.05, 0.1) is 6.54 Å². The van der Waals surface area contributed by atoms with E-state index < -0.39 is 0 Å². The lowest BCUT2D eigenvalue weighted by atomic mass is 10.2. The third-order valence-electron chi connectivity index (χ3n) is 1.64. The smallest absolute Gasteiger partial charge is 0.270 e. The highest BCUT2D eigenvalue weighted by atomic mass is 16.1. The summed E-state index contributed by atoms with van der Waals surface area (Å²) < 4.78 is 0. The van der Waals surface area contributed by atoms with E-state index >= 15 is 0 Å². The second-order valence-corrected chi connectivity index (χ2v) is 2.64. The van der Waals surface area contributed by atoms with Crippen LogP contribution in [0.5, 0.6) is 0 Å². The Balaban J connectivity index is 2.67. The molecule has 1 rings (SSSR count). The molecule has 0 atom stereocenters. The molecule has 14 heavy (non-hydrogen) atoms. The van der Waals surface area contributed by atoms with Gasteiger partial charge in [-0.2, -0.15) is 0 Å². The predicted molar refractivity (Wildman–Crippen MR) is 53.3 cm³/mol. The first-order valence-electron chi connectivity index (χ1n) is 4.14. The molecule has 4 heteroatoms. The first-order chi connectivity index (χ1) is 6.77. The molecule has 0 bridgehead atoms. The second kappa shape index (κ2) is 5.00. The molecule has 0 saturated heterocycles. The Morgan fingerprint density at radius 3 is 2.93 bits per heavy atom. The van der Waals surface area contributed by atoms with Crippen LogP contribution in [-0.4, -0.2) is 17.4 Å². The van der Waals surface area contributed by atoms with E-state index in [9.17, 15) is 4.79 Å². The van der Waals surface area contributed by atoms with Gasteiger partial charge in [-0.15, -0.1) is 6.42 Å². The number of hydrogen-bond acceptors (Lipinski definition) is 3. The Morgan fingerprint density at radius 1 is 1.64 bits per heavy atom. The van der Waals surface area contributed by atoms with Crippen LogP contribution in [0.1, 0.15) is 16.1 Å². The van der Waals surface area contributed by atoms with Gasteiger partial charge < -0.3 is 11.1 Å². The van der Waals surface area contributed by atoms with E-state index in [4.69, 9.17) is 12.2 Å². The van der Waals surface area contributed by atoms with Crippen LogP contribution in [0.3, 0.4) is 0 Å². The van der Waals surface area contributed by atoms with Gasteiger partial charge in [0.25, 0.3) is 5.91 Å². The fraction of sp³-hybridized carbons (Fsp3) is 0.200. The van der Waals surface area contributed by atoms with Crippen molar-refractivity contribution in [3.05, 3.63) is 29.6 Å². The van der Waals surface area contributed by atoms with Gasteiger partial charge >= 0.3 is 0 Å². The highest BCUT2D eigenvalue weighted by molar-refractivity contribution is 5.92. The Kier molecular flexibility index (Phi) is 3.65. The molecule has 0 aliphatic rings. The van der Waals surface area contributed by atoms with Crippen molar-refractivity contribution >= 4 is 5.91 Å². The van der Waals surface area contributed by atoms with Crippen LogP contribution in [0.25, 0.3) is 0 Å². The van der Waals surface area contributed by atoms with Crippen molar-refractivity contribution in [2.45, 2.75) is 6.54 Å². The molecule has 4 nitrogen and oxygen atoms in total. The number of carbonyl (C=O) groups is 1. The number of nitrogens with zero attached hydrogens (tertiary/aromatic N) is 1. The SMILES string of the molecule is C#CCNC(=O)c1ccc(CN)cn1. The Hall–Kier alpha value is -1.86. The van der Waals surface area contributed by atoms with Crippen LogP contribution in [-0.2, 0) is 6.54 Å². The van der Waals surface area contributed by atoms with E-state index in [2.05, 4.69) is 16.2 Å². The molecule has 0 saturated carbocycles. The molecule has 0 spiro atoms. The summed E-state index contributed by atoms with van der Waals surface area (Å²) in [6, 6.07) is 3.38. The fourth-order valence-corrected chi connectivity index (χ4v) is 0.901. The van der Waals surface area contributed by atoms with Crippen LogP contribution < -0.4 is 11.1 Å². The Labute approximate surface area is 82.5 Å². The first kappa shape index (κ1) is 10.2. The van der Waals surface area contributed by atoms with Gasteiger partial charge in [0.2, 0.25) is 0 Å². The van der Waals surface area contributed by atoms with E-state index in [1.54, 1.807) is 18.3 Å². The molecule has 1 amide bonds. The molecule has 1 heterocycles. The number of carbonyl (C=O) groups excluding carboxylic acids is 1. The quantitative estimate of drug-likeness (QED) is 0.652. The minimum absolute atomic E-state index is 0.207. The lowest BCUT2D eigenvalue weighted by molar-refractivity contribution is 0.0954. The van der Waals surface area contributed by atoms with Crippen molar-refractivity contribution in [3.8, 4) is 12.3 Å². The molecule has 0 aliphatic heterocycles. The summed E-state index contributed by atoms with van der Waals surface area (Å²) in [5.41, 5.74) is 6.62. The molecular weight excluding hydrogens is 178 g/mol. The lowest BCUT2D eigenvalue weighted by Gasteiger charge is -2.01. The van der Waals surface area contributed by atoms with Gasteiger partial charge in [0, 0.05) is 12.7 Å². The highest BCUT2D eigenvalue weighted by Crippen LogP contribution is 1.98. The third-order valence-corrected chi connectivity index (χ3v) is 1.64. The Bertz CT molecular complexity index is 351. The molecule has 72 valence electrons. The number of amides is 1. The number of nitrogens with two attached hydrogens (primary N) is 1. The normalized spacial score (nSPS) is 9.14. The van der Waals surface area contributed by atoms with Gasteiger partial charge in [0.1, 0.15) is 5.69 Å². The standard InChI is InChI=1S/C10H11N3O/c1-2-5-12-10(14)9-4-3-8(6-11)7-13-9/h1,3-4,7H,5-6,11H2,(H,12,14). The van der Waals surface area contributed by atoms with Crippen LogP contribution >= 0.6 is 0 Å². The summed E-state index contributed by atoms with van der Waals surface area (Å²) in [6.45, 7) is 0.623. The van der Waals surface area contributed by atoms with E-state index in [1.807, 2.05) is 0 Å². The summed E-state index contributed by atoms with van der Waals surface area (Å²) in [4.78, 5) is 15.2. The summed E-state index contributed by atoms with van der Waals surface area (Å²) in [7, 11) is 0. The van der Waals surface area contributed by atoms with Gasteiger partial charge in [-0.1, -0.05) is 12.0 Å². The number of terminal acetylenes is 1.